The largest absolute Gasteiger partial charge is 0.303 e. The van der Waals surface area contributed by atoms with Gasteiger partial charge >= 0.3 is 0 Å². The molecule has 0 spiro atoms. The molecular formula is C22H25N5O3S2. The van der Waals surface area contributed by atoms with Crippen LogP contribution in [0.4, 0.5) is 0 Å². The second-order valence-corrected chi connectivity index (χ2v) is 10.1. The summed E-state index contributed by atoms with van der Waals surface area (Å²) < 4.78 is 31.7. The van der Waals surface area contributed by atoms with Gasteiger partial charge in [0.05, 0.1) is 11.6 Å². The molecule has 2 heterocycles. The number of aromatic nitrogens is 3. The fraction of sp³-hybridized carbons (Fsp3) is 0.318. The second kappa shape index (κ2) is 9.07. The van der Waals surface area contributed by atoms with E-state index in [1.54, 1.807) is 16.8 Å². The molecule has 1 aliphatic heterocycles. The lowest BCUT2D eigenvalue weighted by Crippen LogP contribution is -2.48. The monoisotopic (exact) mass is 471 g/mol. The van der Waals surface area contributed by atoms with E-state index in [1.807, 2.05) is 41.9 Å². The third-order valence-corrected chi connectivity index (χ3v) is 8.03. The second-order valence-electron chi connectivity index (χ2n) is 7.77. The van der Waals surface area contributed by atoms with Crippen LogP contribution < -0.4 is 0 Å². The van der Waals surface area contributed by atoms with E-state index in [0.717, 1.165) is 11.4 Å². The maximum absolute atomic E-state index is 13.0. The summed E-state index contributed by atoms with van der Waals surface area (Å²) >= 11 is 5.56. The molecule has 4 rings (SSSR count). The smallest absolute Gasteiger partial charge is 0.243 e. The van der Waals surface area contributed by atoms with Crippen molar-refractivity contribution in [1.29, 1.82) is 0 Å². The lowest BCUT2D eigenvalue weighted by Gasteiger charge is -2.33. The number of carbonyl (C=O) groups is 1. The molecule has 0 amide bonds. The van der Waals surface area contributed by atoms with Gasteiger partial charge in [-0.25, -0.2) is 13.1 Å². The van der Waals surface area contributed by atoms with Crippen molar-refractivity contribution in [3.63, 3.8) is 0 Å². The minimum atomic E-state index is -3.60. The molecular weight excluding hydrogens is 446 g/mol. The highest BCUT2D eigenvalue weighted by atomic mass is 32.2. The third kappa shape index (κ3) is 4.44. The number of hydrogen-bond donors (Lipinski definition) is 0. The highest BCUT2D eigenvalue weighted by Crippen LogP contribution is 2.20. The molecule has 1 aliphatic rings. The van der Waals surface area contributed by atoms with Gasteiger partial charge in [-0.05, 0) is 31.3 Å². The Morgan fingerprint density at radius 2 is 1.62 bits per heavy atom. The highest BCUT2D eigenvalue weighted by Gasteiger charge is 2.29. The van der Waals surface area contributed by atoms with Crippen molar-refractivity contribution in [1.82, 2.24) is 23.6 Å². The lowest BCUT2D eigenvalue weighted by atomic mass is 10.2. The van der Waals surface area contributed by atoms with Crippen LogP contribution in [0.15, 0.2) is 59.5 Å². The van der Waals surface area contributed by atoms with Gasteiger partial charge in [0.2, 0.25) is 10.0 Å². The van der Waals surface area contributed by atoms with E-state index in [0.29, 0.717) is 43.2 Å². The average Bonchev–Trinajstić information content (AvgIpc) is 3.08. The first-order valence-electron chi connectivity index (χ1n) is 10.3. The molecule has 0 bridgehead atoms. The van der Waals surface area contributed by atoms with Gasteiger partial charge in [0.15, 0.2) is 16.4 Å². The quantitative estimate of drug-likeness (QED) is 0.406. The highest BCUT2D eigenvalue weighted by molar-refractivity contribution is 7.89. The van der Waals surface area contributed by atoms with E-state index in [-0.39, 0.29) is 10.7 Å². The van der Waals surface area contributed by atoms with E-state index in [1.165, 1.54) is 23.4 Å². The van der Waals surface area contributed by atoms with Gasteiger partial charge in [0, 0.05) is 44.4 Å². The number of Topliss-reactive ketones (excluding diaryl/α,β-unsaturated/α-hetero) is 1. The van der Waals surface area contributed by atoms with Crippen LogP contribution in [0.5, 0.6) is 0 Å². The van der Waals surface area contributed by atoms with Gasteiger partial charge < -0.3 is 4.57 Å². The summed E-state index contributed by atoms with van der Waals surface area (Å²) in [7, 11) is -1.70. The summed E-state index contributed by atoms with van der Waals surface area (Å²) in [5.41, 5.74) is 1.49. The lowest BCUT2D eigenvalue weighted by molar-refractivity contribution is 0.101. The minimum absolute atomic E-state index is 0.0916. The Bertz CT molecular complexity index is 1270. The zero-order valence-electron chi connectivity index (χ0n) is 18.0. The maximum Gasteiger partial charge on any atom is 0.243 e. The fourth-order valence-electron chi connectivity index (χ4n) is 3.73. The number of rotatable bonds is 6. The van der Waals surface area contributed by atoms with E-state index in [2.05, 4.69) is 10.00 Å². The number of sulfonamides is 1. The Balaban J connectivity index is 1.43. The molecule has 0 N–H and O–H groups in total. The van der Waals surface area contributed by atoms with Crippen LogP contribution >= 0.6 is 12.2 Å². The Morgan fingerprint density at radius 3 is 2.22 bits per heavy atom. The normalized spacial score (nSPS) is 15.7. The maximum atomic E-state index is 13.0. The predicted molar refractivity (Wildman–Crippen MR) is 124 cm³/mol. The van der Waals surface area contributed by atoms with Gasteiger partial charge in [-0.1, -0.05) is 42.5 Å². The molecule has 32 heavy (non-hydrogen) atoms. The molecule has 8 nitrogen and oxygen atoms in total. The Kier molecular flexibility index (Phi) is 6.38. The molecule has 3 aromatic rings. The van der Waals surface area contributed by atoms with Crippen molar-refractivity contribution in [2.24, 2.45) is 7.05 Å². The zero-order valence-corrected chi connectivity index (χ0v) is 19.6. The van der Waals surface area contributed by atoms with E-state index in [4.69, 9.17) is 12.2 Å². The summed E-state index contributed by atoms with van der Waals surface area (Å²) in [5, 5.41) is 4.69. The number of carbonyl (C=O) groups excluding carboxylic acids is 1. The third-order valence-electron chi connectivity index (χ3n) is 5.64. The number of ketones is 1. The van der Waals surface area contributed by atoms with Crippen molar-refractivity contribution in [2.45, 2.75) is 18.5 Å². The van der Waals surface area contributed by atoms with Crippen molar-refractivity contribution in [3.05, 3.63) is 64.9 Å². The van der Waals surface area contributed by atoms with Gasteiger partial charge in [0.1, 0.15) is 0 Å². The molecule has 1 saturated heterocycles. The summed E-state index contributed by atoms with van der Waals surface area (Å²) in [5.74, 6) is 0.705. The van der Waals surface area contributed by atoms with E-state index < -0.39 is 10.0 Å². The van der Waals surface area contributed by atoms with Crippen LogP contribution in [-0.4, -0.2) is 63.9 Å². The first-order chi connectivity index (χ1) is 15.3. The standard InChI is InChI=1S/C22H25N5O3S2/c1-17(28)18-8-10-20(11-9-18)32(29,30)26-14-12-25(13-15-26)16-27-22(31)24(2)21(23-27)19-6-4-3-5-7-19/h3-11H,12-16H2,1-2H3. The zero-order chi connectivity index (χ0) is 22.9. The molecule has 0 aliphatic carbocycles. The van der Waals surface area contributed by atoms with Crippen LogP contribution in [0.25, 0.3) is 11.4 Å². The van der Waals surface area contributed by atoms with Crippen molar-refractivity contribution in [2.75, 3.05) is 26.2 Å². The number of benzene rings is 2. The molecule has 168 valence electrons. The fourth-order valence-corrected chi connectivity index (χ4v) is 5.34. The Hall–Kier alpha value is -2.66. The Labute approximate surface area is 192 Å². The summed E-state index contributed by atoms with van der Waals surface area (Å²) in [4.78, 5) is 13.8. The van der Waals surface area contributed by atoms with Crippen LogP contribution in [0.1, 0.15) is 17.3 Å². The summed E-state index contributed by atoms with van der Waals surface area (Å²) in [6.07, 6.45) is 0. The number of nitrogens with zero attached hydrogens (tertiary/aromatic N) is 5. The molecule has 0 unspecified atom stereocenters. The first kappa shape index (κ1) is 22.5. The van der Waals surface area contributed by atoms with Crippen LogP contribution in [0.3, 0.4) is 0 Å². The Morgan fingerprint density at radius 1 is 1.00 bits per heavy atom. The molecule has 1 aromatic heterocycles. The molecule has 0 atom stereocenters. The summed E-state index contributed by atoms with van der Waals surface area (Å²) in [6, 6.07) is 16.0. The van der Waals surface area contributed by atoms with Crippen molar-refractivity contribution in [3.8, 4) is 11.4 Å². The molecule has 10 heteroatoms. The van der Waals surface area contributed by atoms with Gasteiger partial charge in [-0.15, -0.1) is 0 Å². The number of piperazine rings is 1. The van der Waals surface area contributed by atoms with Crippen LogP contribution in [0, 0.1) is 4.77 Å². The van der Waals surface area contributed by atoms with E-state index in [9.17, 15) is 13.2 Å². The first-order valence-corrected chi connectivity index (χ1v) is 12.1. The SMILES string of the molecule is CC(=O)c1ccc(S(=O)(=O)N2CCN(Cn3nc(-c4ccccc4)n(C)c3=S)CC2)cc1. The minimum Gasteiger partial charge on any atom is -0.303 e. The van der Waals surface area contributed by atoms with Crippen molar-refractivity contribution < 1.29 is 13.2 Å². The topological polar surface area (TPSA) is 80.4 Å². The molecule has 0 radical (unpaired) electrons. The van der Waals surface area contributed by atoms with Gasteiger partial charge in [0.25, 0.3) is 0 Å². The molecule has 2 aromatic carbocycles. The van der Waals surface area contributed by atoms with Crippen LogP contribution in [-0.2, 0) is 23.7 Å². The summed E-state index contributed by atoms with van der Waals surface area (Å²) in [6.45, 7) is 3.86. The van der Waals surface area contributed by atoms with Crippen molar-refractivity contribution >= 4 is 28.0 Å². The molecule has 0 saturated carbocycles. The molecule has 1 fully saturated rings. The van der Waals surface area contributed by atoms with Crippen LogP contribution in [0.2, 0.25) is 0 Å². The van der Waals surface area contributed by atoms with Gasteiger partial charge in [-0.3, -0.25) is 9.69 Å². The predicted octanol–water partition coefficient (Wildman–Crippen LogP) is 2.78. The van der Waals surface area contributed by atoms with E-state index >= 15 is 0 Å². The number of hydrogen-bond acceptors (Lipinski definition) is 6. The average molecular weight is 472 g/mol. The van der Waals surface area contributed by atoms with Gasteiger partial charge in [-0.2, -0.15) is 9.40 Å².